The van der Waals surface area contributed by atoms with E-state index < -0.39 is 11.9 Å². The predicted molar refractivity (Wildman–Crippen MR) is 83.6 cm³/mol. The number of hydrogen-bond acceptors (Lipinski definition) is 2. The Morgan fingerprint density at radius 3 is 2.64 bits per heavy atom. The van der Waals surface area contributed by atoms with Gasteiger partial charge in [0.2, 0.25) is 5.91 Å². The average Bonchev–Trinajstić information content (AvgIpc) is 3.21. The summed E-state index contributed by atoms with van der Waals surface area (Å²) in [6.07, 6.45) is 0.450. The summed E-state index contributed by atoms with van der Waals surface area (Å²) in [6.45, 7) is 6.57. The average molecular weight is 300 g/mol. The van der Waals surface area contributed by atoms with Crippen molar-refractivity contribution in [1.82, 2.24) is 10.3 Å². The van der Waals surface area contributed by atoms with Crippen LogP contribution in [0.1, 0.15) is 28.8 Å². The van der Waals surface area contributed by atoms with Gasteiger partial charge in [-0.2, -0.15) is 0 Å². The van der Waals surface area contributed by atoms with Gasteiger partial charge in [0, 0.05) is 17.6 Å². The summed E-state index contributed by atoms with van der Waals surface area (Å²) in [5, 5.41) is 12.9. The fourth-order valence-corrected chi connectivity index (χ4v) is 3.00. The second-order valence-corrected chi connectivity index (χ2v) is 6.23. The number of fused-ring (bicyclic) bond motifs is 1. The minimum atomic E-state index is -0.881. The van der Waals surface area contributed by atoms with Crippen molar-refractivity contribution in [3.63, 3.8) is 0 Å². The highest BCUT2D eigenvalue weighted by Gasteiger charge is 2.48. The van der Waals surface area contributed by atoms with Gasteiger partial charge >= 0.3 is 5.97 Å². The molecule has 1 saturated carbocycles. The van der Waals surface area contributed by atoms with E-state index in [1.807, 2.05) is 13.8 Å². The van der Waals surface area contributed by atoms with Gasteiger partial charge in [0.25, 0.3) is 0 Å². The lowest BCUT2D eigenvalue weighted by Gasteiger charge is -2.08. The van der Waals surface area contributed by atoms with Crippen molar-refractivity contribution in [1.29, 1.82) is 0 Å². The Kier molecular flexibility index (Phi) is 3.43. The summed E-state index contributed by atoms with van der Waals surface area (Å²) >= 11 is 0. The second kappa shape index (κ2) is 5.16. The lowest BCUT2D eigenvalue weighted by Crippen LogP contribution is -2.26. The van der Waals surface area contributed by atoms with Crippen LogP contribution >= 0.6 is 0 Å². The van der Waals surface area contributed by atoms with Crippen LogP contribution in [0.25, 0.3) is 10.9 Å². The molecule has 2 atom stereocenters. The van der Waals surface area contributed by atoms with Crippen molar-refractivity contribution in [2.24, 2.45) is 11.8 Å². The van der Waals surface area contributed by atoms with Crippen LogP contribution in [-0.4, -0.2) is 22.0 Å². The predicted octanol–water partition coefficient (Wildman–Crippen LogP) is 2.43. The Bertz CT molecular complexity index is 776. The van der Waals surface area contributed by atoms with E-state index in [2.05, 4.69) is 29.4 Å². The number of carboxylic acid groups (broad SMARTS) is 1. The molecule has 3 rings (SSSR count). The lowest BCUT2D eigenvalue weighted by molar-refractivity contribution is -0.140. The Hall–Kier alpha value is -2.30. The van der Waals surface area contributed by atoms with Crippen LogP contribution < -0.4 is 5.32 Å². The number of carboxylic acids is 1. The molecular weight excluding hydrogens is 280 g/mol. The SMILES string of the molecule is Cc1cc(CNC(=O)C2CC2C(=O)O)c2[nH]c(C)c(C)c2c1. The Balaban J connectivity index is 1.78. The number of rotatable bonds is 4. The largest absolute Gasteiger partial charge is 0.481 e. The van der Waals surface area contributed by atoms with Crippen LogP contribution in [0.2, 0.25) is 0 Å². The van der Waals surface area contributed by atoms with Gasteiger partial charge in [-0.3, -0.25) is 9.59 Å². The van der Waals surface area contributed by atoms with Crippen molar-refractivity contribution in [3.05, 3.63) is 34.5 Å². The molecule has 3 N–H and O–H groups in total. The summed E-state index contributed by atoms with van der Waals surface area (Å²) < 4.78 is 0. The van der Waals surface area contributed by atoms with Crippen LogP contribution in [0, 0.1) is 32.6 Å². The van der Waals surface area contributed by atoms with Gasteiger partial charge in [0.1, 0.15) is 0 Å². The Morgan fingerprint density at radius 1 is 1.27 bits per heavy atom. The molecule has 1 aromatic heterocycles. The molecular formula is C17H20N2O3. The Labute approximate surface area is 128 Å². The normalized spacial score (nSPS) is 20.1. The van der Waals surface area contributed by atoms with Gasteiger partial charge in [0.05, 0.1) is 17.4 Å². The number of H-pyrrole nitrogens is 1. The monoisotopic (exact) mass is 300 g/mol. The molecule has 5 nitrogen and oxygen atoms in total. The maximum atomic E-state index is 12.0. The molecule has 0 radical (unpaired) electrons. The standard InChI is InChI=1S/C17H20N2O3/c1-8-4-11(15-12(5-8)9(2)10(3)19-15)7-18-16(20)13-6-14(13)17(21)22/h4-5,13-14,19H,6-7H2,1-3H3,(H,18,20)(H,21,22). The van der Waals surface area contributed by atoms with E-state index in [-0.39, 0.29) is 11.8 Å². The highest BCUT2D eigenvalue weighted by atomic mass is 16.4. The van der Waals surface area contributed by atoms with Crippen LogP contribution in [0.15, 0.2) is 12.1 Å². The highest BCUT2D eigenvalue weighted by Crippen LogP contribution is 2.38. The van der Waals surface area contributed by atoms with Crippen LogP contribution in [0.3, 0.4) is 0 Å². The van der Waals surface area contributed by atoms with E-state index >= 15 is 0 Å². The van der Waals surface area contributed by atoms with Crippen molar-refractivity contribution in [2.75, 3.05) is 0 Å². The minimum Gasteiger partial charge on any atom is -0.481 e. The summed E-state index contributed by atoms with van der Waals surface area (Å²) in [7, 11) is 0. The molecule has 1 aliphatic carbocycles. The van der Waals surface area contributed by atoms with Gasteiger partial charge in [-0.1, -0.05) is 11.6 Å². The van der Waals surface area contributed by atoms with Gasteiger partial charge in [-0.05, 0) is 44.4 Å². The molecule has 0 spiro atoms. The van der Waals surface area contributed by atoms with Gasteiger partial charge < -0.3 is 15.4 Å². The van der Waals surface area contributed by atoms with Crippen LogP contribution in [-0.2, 0) is 16.1 Å². The lowest BCUT2D eigenvalue weighted by atomic mass is 10.0. The zero-order valence-electron chi connectivity index (χ0n) is 13.0. The first-order valence-corrected chi connectivity index (χ1v) is 7.47. The molecule has 2 aromatic rings. The van der Waals surface area contributed by atoms with Crippen LogP contribution in [0.4, 0.5) is 0 Å². The maximum absolute atomic E-state index is 12.0. The molecule has 0 saturated heterocycles. The van der Waals surface area contributed by atoms with Crippen molar-refractivity contribution < 1.29 is 14.7 Å². The zero-order chi connectivity index (χ0) is 16.0. The minimum absolute atomic E-state index is 0.165. The summed E-state index contributed by atoms with van der Waals surface area (Å²) in [5.41, 5.74) is 5.58. The molecule has 1 amide bonds. The third-order valence-corrected chi connectivity index (χ3v) is 4.54. The summed E-state index contributed by atoms with van der Waals surface area (Å²) in [6, 6.07) is 4.19. The number of nitrogens with one attached hydrogen (secondary N) is 2. The van der Waals surface area contributed by atoms with Gasteiger partial charge in [-0.25, -0.2) is 0 Å². The Morgan fingerprint density at radius 2 is 2.00 bits per heavy atom. The highest BCUT2D eigenvalue weighted by molar-refractivity contribution is 5.91. The van der Waals surface area contributed by atoms with Crippen molar-refractivity contribution in [2.45, 2.75) is 33.7 Å². The third kappa shape index (κ3) is 2.47. The molecule has 2 unspecified atom stereocenters. The molecule has 116 valence electrons. The summed E-state index contributed by atoms with van der Waals surface area (Å²) in [4.78, 5) is 26.2. The van der Waals surface area contributed by atoms with Gasteiger partial charge in [0.15, 0.2) is 0 Å². The molecule has 0 aliphatic heterocycles. The van der Waals surface area contributed by atoms with E-state index in [0.29, 0.717) is 13.0 Å². The number of carbonyl (C=O) groups is 2. The molecule has 5 heteroatoms. The number of benzene rings is 1. The molecule has 1 aliphatic rings. The zero-order valence-corrected chi connectivity index (χ0v) is 13.0. The molecule has 0 bridgehead atoms. The number of aromatic amines is 1. The number of hydrogen-bond donors (Lipinski definition) is 3. The topological polar surface area (TPSA) is 82.2 Å². The number of aryl methyl sites for hydroxylation is 3. The first kappa shape index (κ1) is 14.6. The smallest absolute Gasteiger partial charge is 0.307 e. The van der Waals surface area contributed by atoms with E-state index in [9.17, 15) is 9.59 Å². The second-order valence-electron chi connectivity index (χ2n) is 6.23. The van der Waals surface area contributed by atoms with Gasteiger partial charge in [-0.15, -0.1) is 0 Å². The number of aromatic nitrogens is 1. The van der Waals surface area contributed by atoms with E-state index in [1.165, 1.54) is 10.9 Å². The van der Waals surface area contributed by atoms with Crippen molar-refractivity contribution >= 4 is 22.8 Å². The molecule has 1 heterocycles. The fraction of sp³-hybridized carbons (Fsp3) is 0.412. The first-order valence-electron chi connectivity index (χ1n) is 7.47. The van der Waals surface area contributed by atoms with Crippen LogP contribution in [0.5, 0.6) is 0 Å². The van der Waals surface area contributed by atoms with Crippen molar-refractivity contribution in [3.8, 4) is 0 Å². The summed E-state index contributed by atoms with van der Waals surface area (Å²) in [5.74, 6) is -1.92. The van der Waals surface area contributed by atoms with E-state index in [0.717, 1.165) is 22.3 Å². The quantitative estimate of drug-likeness (QED) is 0.811. The molecule has 22 heavy (non-hydrogen) atoms. The number of amides is 1. The maximum Gasteiger partial charge on any atom is 0.307 e. The molecule has 1 aromatic carbocycles. The fourth-order valence-electron chi connectivity index (χ4n) is 3.00. The van der Waals surface area contributed by atoms with E-state index in [4.69, 9.17) is 5.11 Å². The van der Waals surface area contributed by atoms with E-state index in [1.54, 1.807) is 0 Å². The molecule has 1 fully saturated rings. The number of carbonyl (C=O) groups excluding carboxylic acids is 1. The number of aliphatic carboxylic acids is 1. The third-order valence-electron chi connectivity index (χ3n) is 4.54. The first-order chi connectivity index (χ1) is 10.4.